The van der Waals surface area contributed by atoms with E-state index in [0.717, 1.165) is 43.5 Å². The van der Waals surface area contributed by atoms with Gasteiger partial charge >= 0.3 is 0 Å². The van der Waals surface area contributed by atoms with Crippen molar-refractivity contribution in [1.82, 2.24) is 24.8 Å². The van der Waals surface area contributed by atoms with Crippen molar-refractivity contribution in [2.24, 2.45) is 0 Å². The fraction of sp³-hybridized carbons (Fsp3) is 0.706. The zero-order valence-electron chi connectivity index (χ0n) is 14.0. The van der Waals surface area contributed by atoms with Gasteiger partial charge < -0.3 is 4.52 Å². The number of nitrogens with zero attached hydrogens (tertiary/aromatic N) is 5. The quantitative estimate of drug-likeness (QED) is 0.848. The van der Waals surface area contributed by atoms with E-state index in [-0.39, 0.29) is 0 Å². The Morgan fingerprint density at radius 2 is 2.13 bits per heavy atom. The predicted molar refractivity (Wildman–Crippen MR) is 86.1 cm³/mol. The lowest BCUT2D eigenvalue weighted by Crippen LogP contribution is -2.34. The first-order valence-corrected chi connectivity index (χ1v) is 8.79. The molecule has 6 heteroatoms. The van der Waals surface area contributed by atoms with Crippen LogP contribution in [0.2, 0.25) is 0 Å². The third-order valence-corrected chi connectivity index (χ3v) is 4.83. The van der Waals surface area contributed by atoms with Crippen LogP contribution in [0.3, 0.4) is 0 Å². The molecular weight excluding hydrogens is 290 g/mol. The van der Waals surface area contributed by atoms with Crippen LogP contribution in [0.4, 0.5) is 0 Å². The molecule has 124 valence electrons. The summed E-state index contributed by atoms with van der Waals surface area (Å²) in [6, 6.07) is 2.54. The van der Waals surface area contributed by atoms with Gasteiger partial charge in [-0.05, 0) is 52.1 Å². The molecule has 2 aromatic rings. The van der Waals surface area contributed by atoms with Crippen LogP contribution in [0.1, 0.15) is 74.8 Å². The number of aromatic nitrogens is 4. The van der Waals surface area contributed by atoms with E-state index in [1.165, 1.54) is 19.3 Å². The van der Waals surface area contributed by atoms with Crippen molar-refractivity contribution in [3.63, 3.8) is 0 Å². The monoisotopic (exact) mass is 315 g/mol. The van der Waals surface area contributed by atoms with Crippen LogP contribution in [0.25, 0.3) is 0 Å². The van der Waals surface area contributed by atoms with Gasteiger partial charge in [-0.25, -0.2) is 0 Å². The zero-order chi connectivity index (χ0) is 15.8. The minimum absolute atomic E-state index is 0.396. The Bertz CT molecular complexity index is 657. The summed E-state index contributed by atoms with van der Waals surface area (Å²) in [5, 5.41) is 8.90. The van der Waals surface area contributed by atoms with Gasteiger partial charge in [0.1, 0.15) is 0 Å². The summed E-state index contributed by atoms with van der Waals surface area (Å²) in [4.78, 5) is 7.11. The van der Waals surface area contributed by atoms with Gasteiger partial charge in [-0.1, -0.05) is 5.16 Å². The molecule has 0 aromatic carbocycles. The normalized spacial score (nSPS) is 22.8. The van der Waals surface area contributed by atoms with Crippen LogP contribution in [-0.2, 0) is 6.54 Å². The van der Waals surface area contributed by atoms with Gasteiger partial charge in [-0.15, -0.1) is 0 Å². The van der Waals surface area contributed by atoms with Crippen molar-refractivity contribution in [1.29, 1.82) is 0 Å². The van der Waals surface area contributed by atoms with Crippen LogP contribution in [0.5, 0.6) is 0 Å². The molecule has 0 bridgehead atoms. The Balaban J connectivity index is 1.39. The van der Waals surface area contributed by atoms with Gasteiger partial charge in [-0.3, -0.25) is 9.58 Å². The standard InChI is InChI=1S/C17H25N5O/c1-12(2)22-9-7-15(19-22)11-21-8-3-4-14(10-21)16-18-17(23-20-16)13-5-6-13/h7,9,12-14H,3-6,8,10-11H2,1-2H3. The largest absolute Gasteiger partial charge is 0.339 e. The van der Waals surface area contributed by atoms with Gasteiger partial charge in [0, 0.05) is 37.2 Å². The lowest BCUT2D eigenvalue weighted by Gasteiger charge is -2.30. The highest BCUT2D eigenvalue weighted by Gasteiger charge is 2.32. The molecule has 1 saturated heterocycles. The molecule has 6 nitrogen and oxygen atoms in total. The number of hydrogen-bond acceptors (Lipinski definition) is 5. The first kappa shape index (κ1) is 14.9. The molecule has 2 fully saturated rings. The number of rotatable bonds is 5. The lowest BCUT2D eigenvalue weighted by atomic mass is 9.97. The topological polar surface area (TPSA) is 60.0 Å². The molecule has 1 aliphatic carbocycles. The van der Waals surface area contributed by atoms with Crippen molar-refractivity contribution in [3.8, 4) is 0 Å². The second-order valence-electron chi connectivity index (χ2n) is 7.22. The van der Waals surface area contributed by atoms with E-state index in [1.807, 2.05) is 4.68 Å². The minimum atomic E-state index is 0.396. The maximum Gasteiger partial charge on any atom is 0.229 e. The van der Waals surface area contributed by atoms with E-state index < -0.39 is 0 Å². The van der Waals surface area contributed by atoms with E-state index in [4.69, 9.17) is 4.52 Å². The van der Waals surface area contributed by atoms with Gasteiger partial charge in [0.25, 0.3) is 0 Å². The zero-order valence-corrected chi connectivity index (χ0v) is 14.0. The van der Waals surface area contributed by atoms with Crippen LogP contribution >= 0.6 is 0 Å². The van der Waals surface area contributed by atoms with Gasteiger partial charge in [0.15, 0.2) is 5.82 Å². The van der Waals surface area contributed by atoms with Crippen molar-refractivity contribution in [2.75, 3.05) is 13.1 Å². The second kappa shape index (κ2) is 6.07. The minimum Gasteiger partial charge on any atom is -0.339 e. The third-order valence-electron chi connectivity index (χ3n) is 4.83. The summed E-state index contributed by atoms with van der Waals surface area (Å²) >= 11 is 0. The number of piperidine rings is 1. The SMILES string of the molecule is CC(C)n1ccc(CN2CCCC(c3noc(C4CC4)n3)C2)n1. The van der Waals surface area contributed by atoms with Crippen LogP contribution in [0.15, 0.2) is 16.8 Å². The molecule has 1 atom stereocenters. The first-order chi connectivity index (χ1) is 11.2. The molecule has 0 spiro atoms. The summed E-state index contributed by atoms with van der Waals surface area (Å²) in [5.41, 5.74) is 1.14. The van der Waals surface area contributed by atoms with Gasteiger partial charge in [0.2, 0.25) is 5.89 Å². The Morgan fingerprint density at radius 3 is 2.87 bits per heavy atom. The average Bonchev–Trinajstić information content (AvgIpc) is 3.09. The van der Waals surface area contributed by atoms with E-state index in [9.17, 15) is 0 Å². The fourth-order valence-electron chi connectivity index (χ4n) is 3.30. The molecule has 0 radical (unpaired) electrons. The average molecular weight is 315 g/mol. The summed E-state index contributed by atoms with van der Waals surface area (Å²) < 4.78 is 7.46. The molecule has 4 rings (SSSR count). The van der Waals surface area contributed by atoms with Crippen LogP contribution in [-0.4, -0.2) is 37.9 Å². The summed E-state index contributed by atoms with van der Waals surface area (Å²) in [5.74, 6) is 2.69. The Kier molecular flexibility index (Phi) is 3.93. The molecule has 0 N–H and O–H groups in total. The van der Waals surface area contributed by atoms with Gasteiger partial charge in [-0.2, -0.15) is 10.1 Å². The summed E-state index contributed by atoms with van der Waals surface area (Å²) in [6.45, 7) is 7.34. The van der Waals surface area contributed by atoms with Crippen LogP contribution < -0.4 is 0 Å². The molecule has 2 aliphatic rings. The van der Waals surface area contributed by atoms with Crippen molar-refractivity contribution >= 4 is 0 Å². The smallest absolute Gasteiger partial charge is 0.229 e. The van der Waals surface area contributed by atoms with E-state index in [2.05, 4.69) is 46.2 Å². The van der Waals surface area contributed by atoms with Crippen molar-refractivity contribution < 1.29 is 4.52 Å². The highest BCUT2D eigenvalue weighted by Crippen LogP contribution is 2.39. The van der Waals surface area contributed by atoms with Crippen LogP contribution in [0, 0.1) is 0 Å². The predicted octanol–water partition coefficient (Wildman–Crippen LogP) is 3.10. The number of hydrogen-bond donors (Lipinski definition) is 0. The van der Waals surface area contributed by atoms with Crippen molar-refractivity contribution in [2.45, 2.75) is 64.0 Å². The summed E-state index contributed by atoms with van der Waals surface area (Å²) in [6.07, 6.45) is 6.82. The fourth-order valence-corrected chi connectivity index (χ4v) is 3.30. The molecule has 1 aliphatic heterocycles. The second-order valence-corrected chi connectivity index (χ2v) is 7.22. The van der Waals surface area contributed by atoms with Gasteiger partial charge in [0.05, 0.1) is 5.69 Å². The maximum atomic E-state index is 5.43. The van der Waals surface area contributed by atoms with E-state index in [0.29, 0.717) is 17.9 Å². The molecule has 1 saturated carbocycles. The lowest BCUT2D eigenvalue weighted by molar-refractivity contribution is 0.192. The highest BCUT2D eigenvalue weighted by molar-refractivity contribution is 5.06. The first-order valence-electron chi connectivity index (χ1n) is 8.79. The maximum absolute atomic E-state index is 5.43. The third kappa shape index (κ3) is 3.32. The van der Waals surface area contributed by atoms with E-state index >= 15 is 0 Å². The highest BCUT2D eigenvalue weighted by atomic mass is 16.5. The van der Waals surface area contributed by atoms with E-state index in [1.54, 1.807) is 0 Å². The summed E-state index contributed by atoms with van der Waals surface area (Å²) in [7, 11) is 0. The Hall–Kier alpha value is -1.69. The molecule has 0 amide bonds. The molecule has 3 heterocycles. The van der Waals surface area contributed by atoms with Crippen molar-refractivity contribution in [3.05, 3.63) is 29.7 Å². The molecule has 2 aromatic heterocycles. The molecular formula is C17H25N5O. The Morgan fingerprint density at radius 1 is 1.26 bits per heavy atom. The molecule has 23 heavy (non-hydrogen) atoms. The number of likely N-dealkylation sites (tertiary alicyclic amines) is 1. The molecule has 1 unspecified atom stereocenters. The Labute approximate surface area is 136 Å².